The Labute approximate surface area is 81.3 Å². The average Bonchev–Trinajstić information content (AvgIpc) is 1.96. The van der Waals surface area contributed by atoms with E-state index < -0.39 is 0 Å². The fourth-order valence-corrected chi connectivity index (χ4v) is 1.85. The average molecular weight is 229 g/mol. The van der Waals surface area contributed by atoms with Crippen LogP contribution in [0.15, 0.2) is 10.7 Å². The molecule has 1 rings (SSSR count). The molecule has 2 nitrogen and oxygen atoms in total. The molecule has 0 aliphatic carbocycles. The lowest BCUT2D eigenvalue weighted by molar-refractivity contribution is 0.847. The highest BCUT2D eigenvalue weighted by atomic mass is 79.9. The molecule has 0 aliphatic heterocycles. The molecule has 12 heavy (non-hydrogen) atoms. The van der Waals surface area contributed by atoms with E-state index in [2.05, 4.69) is 34.8 Å². The van der Waals surface area contributed by atoms with Crippen LogP contribution in [0, 0.1) is 6.92 Å². The van der Waals surface area contributed by atoms with Gasteiger partial charge in [-0.3, -0.25) is 0 Å². The second-order valence-electron chi connectivity index (χ2n) is 3.20. The molecule has 0 aromatic carbocycles. The summed E-state index contributed by atoms with van der Waals surface area (Å²) in [6, 6.07) is 1.98. The van der Waals surface area contributed by atoms with Crippen LogP contribution in [0.1, 0.15) is 31.0 Å². The summed E-state index contributed by atoms with van der Waals surface area (Å²) in [5, 5.41) is 0. The van der Waals surface area contributed by atoms with Gasteiger partial charge in [-0.15, -0.1) is 0 Å². The maximum absolute atomic E-state index is 5.74. The summed E-state index contributed by atoms with van der Waals surface area (Å²) in [4.78, 5) is 4.29. The predicted octanol–water partition coefficient (Wildman–Crippen LogP) is 2.86. The first kappa shape index (κ1) is 9.52. The van der Waals surface area contributed by atoms with E-state index in [-0.39, 0.29) is 0 Å². The van der Waals surface area contributed by atoms with Crippen molar-refractivity contribution in [3.8, 4) is 0 Å². The molecule has 0 atom stereocenters. The zero-order valence-electron chi connectivity index (χ0n) is 7.56. The largest absolute Gasteiger partial charge is 0.397 e. The highest BCUT2D eigenvalue weighted by molar-refractivity contribution is 9.10. The maximum Gasteiger partial charge on any atom is 0.109 e. The molecule has 2 N–H and O–H groups in total. The summed E-state index contributed by atoms with van der Waals surface area (Å²) in [5.41, 5.74) is 8.56. The van der Waals surface area contributed by atoms with Gasteiger partial charge in [-0.25, -0.2) is 4.98 Å². The molecule has 0 radical (unpaired) electrons. The van der Waals surface area contributed by atoms with Crippen molar-refractivity contribution in [1.29, 1.82) is 0 Å². The molecule has 0 amide bonds. The van der Waals surface area contributed by atoms with Crippen LogP contribution in [0.3, 0.4) is 0 Å². The summed E-state index contributed by atoms with van der Waals surface area (Å²) in [6.07, 6.45) is 0. The van der Waals surface area contributed by atoms with Gasteiger partial charge < -0.3 is 5.73 Å². The molecule has 0 saturated carbocycles. The third-order valence-electron chi connectivity index (χ3n) is 1.85. The van der Waals surface area contributed by atoms with Crippen molar-refractivity contribution in [2.75, 3.05) is 5.73 Å². The Morgan fingerprint density at radius 1 is 1.50 bits per heavy atom. The minimum absolute atomic E-state index is 0.453. The lowest BCUT2D eigenvalue weighted by Crippen LogP contribution is -1.99. The van der Waals surface area contributed by atoms with E-state index in [0.29, 0.717) is 5.92 Å². The fraction of sp³-hybridized carbons (Fsp3) is 0.444. The zero-order chi connectivity index (χ0) is 9.30. The number of rotatable bonds is 1. The van der Waals surface area contributed by atoms with Gasteiger partial charge in [0.15, 0.2) is 0 Å². The molecular formula is C9H13BrN2. The number of aromatic nitrogens is 1. The van der Waals surface area contributed by atoms with Gasteiger partial charge in [-0.1, -0.05) is 13.8 Å². The van der Waals surface area contributed by atoms with Gasteiger partial charge in [-0.05, 0) is 40.4 Å². The van der Waals surface area contributed by atoms with Gasteiger partial charge in [-0.2, -0.15) is 0 Å². The summed E-state index contributed by atoms with van der Waals surface area (Å²) in [6.45, 7) is 6.15. The van der Waals surface area contributed by atoms with Crippen molar-refractivity contribution >= 4 is 21.6 Å². The minimum Gasteiger partial charge on any atom is -0.397 e. The lowest BCUT2D eigenvalue weighted by atomic mass is 10.1. The first-order valence-corrected chi connectivity index (χ1v) is 4.74. The quantitative estimate of drug-likeness (QED) is 0.752. The number of aryl methyl sites for hydroxylation is 1. The lowest BCUT2D eigenvalue weighted by Gasteiger charge is -2.09. The summed E-state index contributed by atoms with van der Waals surface area (Å²) in [7, 11) is 0. The molecule has 66 valence electrons. The SMILES string of the molecule is Cc1nc(Br)c(C(C)C)cc1N. The Hall–Kier alpha value is -0.570. The van der Waals surface area contributed by atoms with Gasteiger partial charge in [0.25, 0.3) is 0 Å². The highest BCUT2D eigenvalue weighted by Gasteiger charge is 2.07. The molecule has 0 aliphatic rings. The van der Waals surface area contributed by atoms with E-state index in [1.165, 1.54) is 0 Å². The van der Waals surface area contributed by atoms with Gasteiger partial charge in [0.05, 0.1) is 11.4 Å². The zero-order valence-corrected chi connectivity index (χ0v) is 9.14. The molecule has 1 aromatic heterocycles. The topological polar surface area (TPSA) is 38.9 Å². The van der Waals surface area contributed by atoms with Crippen LogP contribution >= 0.6 is 15.9 Å². The fourth-order valence-electron chi connectivity index (χ4n) is 1.01. The number of nitrogen functional groups attached to an aromatic ring is 1. The van der Waals surface area contributed by atoms with Crippen molar-refractivity contribution in [2.24, 2.45) is 0 Å². The molecule has 0 bridgehead atoms. The molecule has 0 unspecified atom stereocenters. The number of hydrogen-bond donors (Lipinski definition) is 1. The number of nitrogens with two attached hydrogens (primary N) is 1. The summed E-state index contributed by atoms with van der Waals surface area (Å²) >= 11 is 3.42. The van der Waals surface area contributed by atoms with Crippen molar-refractivity contribution in [2.45, 2.75) is 26.7 Å². The van der Waals surface area contributed by atoms with Crippen molar-refractivity contribution in [1.82, 2.24) is 4.98 Å². The minimum atomic E-state index is 0.453. The van der Waals surface area contributed by atoms with Crippen LogP contribution in [0.2, 0.25) is 0 Å². The third-order valence-corrected chi connectivity index (χ3v) is 2.49. The molecule has 1 aromatic rings. The first-order valence-electron chi connectivity index (χ1n) is 3.95. The van der Waals surface area contributed by atoms with Gasteiger partial charge >= 0.3 is 0 Å². The van der Waals surface area contributed by atoms with Crippen LogP contribution < -0.4 is 5.73 Å². The van der Waals surface area contributed by atoms with Gasteiger partial charge in [0.1, 0.15) is 4.60 Å². The summed E-state index contributed by atoms with van der Waals surface area (Å²) in [5.74, 6) is 0.453. The standard InChI is InChI=1S/C9H13BrN2/c1-5(2)7-4-8(11)6(3)12-9(7)10/h4-5H,11H2,1-3H3. The van der Waals surface area contributed by atoms with E-state index in [1.807, 2.05) is 13.0 Å². The second kappa shape index (κ2) is 3.44. The van der Waals surface area contributed by atoms with E-state index in [9.17, 15) is 0 Å². The van der Waals surface area contributed by atoms with E-state index >= 15 is 0 Å². The van der Waals surface area contributed by atoms with E-state index in [1.54, 1.807) is 0 Å². The Morgan fingerprint density at radius 3 is 2.58 bits per heavy atom. The molecule has 0 fully saturated rings. The maximum atomic E-state index is 5.74. The van der Waals surface area contributed by atoms with Gasteiger partial charge in [0, 0.05) is 0 Å². The van der Waals surface area contributed by atoms with E-state index in [4.69, 9.17) is 5.73 Å². The van der Waals surface area contributed by atoms with Gasteiger partial charge in [0.2, 0.25) is 0 Å². The number of halogens is 1. The molecule has 0 saturated heterocycles. The second-order valence-corrected chi connectivity index (χ2v) is 3.95. The first-order chi connectivity index (χ1) is 5.52. The number of nitrogens with zero attached hydrogens (tertiary/aromatic N) is 1. The number of pyridine rings is 1. The normalized spacial score (nSPS) is 10.8. The molecule has 3 heteroatoms. The highest BCUT2D eigenvalue weighted by Crippen LogP contribution is 2.25. The van der Waals surface area contributed by atoms with Crippen molar-refractivity contribution < 1.29 is 0 Å². The molecular weight excluding hydrogens is 216 g/mol. The van der Waals surface area contributed by atoms with Crippen molar-refractivity contribution in [3.63, 3.8) is 0 Å². The molecule has 0 spiro atoms. The van der Waals surface area contributed by atoms with Crippen LogP contribution in [-0.2, 0) is 0 Å². The Bertz CT molecular complexity index is 295. The third kappa shape index (κ3) is 1.78. The van der Waals surface area contributed by atoms with Crippen LogP contribution in [-0.4, -0.2) is 4.98 Å². The smallest absolute Gasteiger partial charge is 0.109 e. The van der Waals surface area contributed by atoms with Crippen molar-refractivity contribution in [3.05, 3.63) is 21.9 Å². The number of hydrogen-bond acceptors (Lipinski definition) is 2. The summed E-state index contributed by atoms with van der Waals surface area (Å²) < 4.78 is 0.907. The van der Waals surface area contributed by atoms with Crippen LogP contribution in [0.25, 0.3) is 0 Å². The Balaban J connectivity index is 3.23. The van der Waals surface area contributed by atoms with E-state index in [0.717, 1.165) is 21.5 Å². The Morgan fingerprint density at radius 2 is 2.08 bits per heavy atom. The predicted molar refractivity (Wildman–Crippen MR) is 55.2 cm³/mol. The van der Waals surface area contributed by atoms with Crippen LogP contribution in [0.4, 0.5) is 5.69 Å². The van der Waals surface area contributed by atoms with Crippen LogP contribution in [0.5, 0.6) is 0 Å². The monoisotopic (exact) mass is 228 g/mol. The Kier molecular flexibility index (Phi) is 2.73. The molecule has 1 heterocycles. The number of anilines is 1.